The van der Waals surface area contributed by atoms with Gasteiger partial charge in [0.2, 0.25) is 10.0 Å². The fraction of sp³-hybridized carbons (Fsp3) is 0.458. The van der Waals surface area contributed by atoms with E-state index in [0.29, 0.717) is 25.5 Å². The fourth-order valence-corrected chi connectivity index (χ4v) is 5.45. The molecular formula is C24H31N3O6S. The molecule has 184 valence electrons. The quantitative estimate of drug-likeness (QED) is 0.600. The predicted molar refractivity (Wildman–Crippen MR) is 126 cm³/mol. The Morgan fingerprint density at radius 1 is 0.941 bits per heavy atom. The Labute approximate surface area is 200 Å². The van der Waals surface area contributed by atoms with Crippen molar-refractivity contribution in [2.75, 3.05) is 59.7 Å². The van der Waals surface area contributed by atoms with Crippen molar-refractivity contribution < 1.29 is 27.4 Å². The van der Waals surface area contributed by atoms with Gasteiger partial charge < -0.3 is 19.5 Å². The van der Waals surface area contributed by atoms with Crippen molar-refractivity contribution in [2.24, 2.45) is 0 Å². The van der Waals surface area contributed by atoms with Crippen LogP contribution in [0.4, 0.5) is 0 Å². The van der Waals surface area contributed by atoms with Gasteiger partial charge in [0.25, 0.3) is 5.91 Å². The zero-order chi connectivity index (χ0) is 24.0. The van der Waals surface area contributed by atoms with E-state index in [0.717, 1.165) is 38.4 Å². The van der Waals surface area contributed by atoms with Crippen molar-refractivity contribution in [3.63, 3.8) is 0 Å². The van der Waals surface area contributed by atoms with Gasteiger partial charge in [-0.1, -0.05) is 24.3 Å². The molecular weight excluding hydrogens is 458 g/mol. The number of ether oxygens (including phenoxy) is 3. The zero-order valence-electron chi connectivity index (χ0n) is 19.4. The number of nitrogens with one attached hydrogen (secondary N) is 1. The highest BCUT2D eigenvalue weighted by molar-refractivity contribution is 7.89. The van der Waals surface area contributed by atoms with Gasteiger partial charge in [-0.05, 0) is 29.3 Å². The van der Waals surface area contributed by atoms with Crippen LogP contribution in [0.25, 0.3) is 0 Å². The van der Waals surface area contributed by atoms with E-state index in [4.69, 9.17) is 14.2 Å². The number of hydrogen-bond donors (Lipinski definition) is 1. The summed E-state index contributed by atoms with van der Waals surface area (Å²) in [5.74, 6) is -0.0763. The third-order valence-electron chi connectivity index (χ3n) is 6.01. The summed E-state index contributed by atoms with van der Waals surface area (Å²) in [4.78, 5) is 15.4. The normalized spacial score (nSPS) is 17.9. The lowest BCUT2D eigenvalue weighted by Crippen LogP contribution is -2.40. The summed E-state index contributed by atoms with van der Waals surface area (Å²) in [6, 6.07) is 12.5. The average molecular weight is 490 g/mol. The molecule has 2 heterocycles. The molecule has 4 rings (SSSR count). The molecule has 9 nitrogen and oxygen atoms in total. The van der Waals surface area contributed by atoms with E-state index < -0.39 is 15.9 Å². The Morgan fingerprint density at radius 3 is 2.21 bits per heavy atom. The molecule has 0 unspecified atom stereocenters. The van der Waals surface area contributed by atoms with Gasteiger partial charge in [-0.25, -0.2) is 8.42 Å². The van der Waals surface area contributed by atoms with E-state index in [2.05, 4.69) is 22.3 Å². The average Bonchev–Trinajstić information content (AvgIpc) is 2.89. The molecule has 2 fully saturated rings. The fourth-order valence-electron chi connectivity index (χ4n) is 4.02. The van der Waals surface area contributed by atoms with Gasteiger partial charge in [0.05, 0.1) is 44.0 Å². The van der Waals surface area contributed by atoms with Gasteiger partial charge in [0.1, 0.15) is 5.75 Å². The van der Waals surface area contributed by atoms with Crippen molar-refractivity contribution in [3.8, 4) is 5.75 Å². The second kappa shape index (κ2) is 11.3. The molecule has 10 heteroatoms. The Bertz CT molecular complexity index is 1080. The highest BCUT2D eigenvalue weighted by atomic mass is 32.2. The number of sulfonamides is 1. The standard InChI is InChI=1S/C24H31N3O6S/c1-31-23-7-6-21(34(29,30)27-10-14-33-15-11-27)16-22(23)24(28)25-17-19-2-4-20(5-3-19)18-26-8-12-32-13-9-26/h2-7,16H,8-15,17-18H2,1H3,(H,25,28). The van der Waals surface area contributed by atoms with Crippen molar-refractivity contribution in [2.45, 2.75) is 18.0 Å². The molecule has 2 aromatic rings. The van der Waals surface area contributed by atoms with Crippen LogP contribution in [0.1, 0.15) is 21.5 Å². The number of carbonyl (C=O) groups excluding carboxylic acids is 1. The molecule has 2 aliphatic heterocycles. The maximum Gasteiger partial charge on any atom is 0.255 e. The van der Waals surface area contributed by atoms with Crippen LogP contribution in [0.2, 0.25) is 0 Å². The first kappa shape index (κ1) is 24.6. The lowest BCUT2D eigenvalue weighted by atomic mass is 10.1. The minimum absolute atomic E-state index is 0.0628. The zero-order valence-corrected chi connectivity index (χ0v) is 20.2. The number of methoxy groups -OCH3 is 1. The molecule has 1 N–H and O–H groups in total. The third-order valence-corrected chi connectivity index (χ3v) is 7.90. The molecule has 0 aromatic heterocycles. The predicted octanol–water partition coefficient (Wildman–Crippen LogP) is 1.48. The largest absolute Gasteiger partial charge is 0.496 e. The van der Waals surface area contributed by atoms with Crippen LogP contribution in [0.5, 0.6) is 5.75 Å². The van der Waals surface area contributed by atoms with Crippen LogP contribution in [0, 0.1) is 0 Å². The van der Waals surface area contributed by atoms with Gasteiger partial charge in [-0.3, -0.25) is 9.69 Å². The van der Waals surface area contributed by atoms with Crippen LogP contribution >= 0.6 is 0 Å². The Kier molecular flexibility index (Phi) is 8.17. The number of morpholine rings is 2. The molecule has 2 aliphatic rings. The van der Waals surface area contributed by atoms with Gasteiger partial charge in [-0.2, -0.15) is 4.31 Å². The highest BCUT2D eigenvalue weighted by Gasteiger charge is 2.28. The van der Waals surface area contributed by atoms with Crippen LogP contribution in [0.15, 0.2) is 47.4 Å². The summed E-state index contributed by atoms with van der Waals surface area (Å²) in [6.07, 6.45) is 0. The number of rotatable bonds is 8. The van der Waals surface area contributed by atoms with Crippen molar-refractivity contribution in [1.29, 1.82) is 0 Å². The first-order chi connectivity index (χ1) is 16.5. The van der Waals surface area contributed by atoms with Crippen LogP contribution < -0.4 is 10.1 Å². The van der Waals surface area contributed by atoms with E-state index in [-0.39, 0.29) is 23.5 Å². The molecule has 1 amide bonds. The smallest absolute Gasteiger partial charge is 0.255 e. The summed E-state index contributed by atoms with van der Waals surface area (Å²) in [5.41, 5.74) is 2.34. The number of benzene rings is 2. The van der Waals surface area contributed by atoms with Gasteiger partial charge >= 0.3 is 0 Å². The molecule has 2 aromatic carbocycles. The molecule has 0 saturated carbocycles. The molecule has 34 heavy (non-hydrogen) atoms. The summed E-state index contributed by atoms with van der Waals surface area (Å²) in [7, 11) is -2.27. The molecule has 0 radical (unpaired) electrons. The minimum atomic E-state index is -3.72. The molecule has 0 aliphatic carbocycles. The molecule has 0 atom stereocenters. The first-order valence-corrected chi connectivity index (χ1v) is 12.8. The van der Waals surface area contributed by atoms with E-state index in [1.807, 2.05) is 12.1 Å². The van der Waals surface area contributed by atoms with Crippen LogP contribution in [-0.4, -0.2) is 83.2 Å². The Morgan fingerprint density at radius 2 is 1.56 bits per heavy atom. The maximum atomic E-state index is 13.0. The van der Waals surface area contributed by atoms with E-state index in [1.165, 1.54) is 35.2 Å². The Balaban J connectivity index is 1.41. The van der Waals surface area contributed by atoms with Crippen molar-refractivity contribution >= 4 is 15.9 Å². The number of carbonyl (C=O) groups is 1. The third kappa shape index (κ3) is 5.94. The second-order valence-corrected chi connectivity index (χ2v) is 10.2. The molecule has 0 bridgehead atoms. The van der Waals surface area contributed by atoms with Crippen molar-refractivity contribution in [1.82, 2.24) is 14.5 Å². The van der Waals surface area contributed by atoms with E-state index >= 15 is 0 Å². The minimum Gasteiger partial charge on any atom is -0.496 e. The van der Waals surface area contributed by atoms with Crippen LogP contribution in [0.3, 0.4) is 0 Å². The Hall–Kier alpha value is -2.50. The van der Waals surface area contributed by atoms with Crippen LogP contribution in [-0.2, 0) is 32.6 Å². The summed E-state index contributed by atoms with van der Waals surface area (Å²) in [6.45, 7) is 5.87. The first-order valence-electron chi connectivity index (χ1n) is 11.4. The molecule has 0 spiro atoms. The van der Waals surface area contributed by atoms with Crippen molar-refractivity contribution in [3.05, 3.63) is 59.2 Å². The number of nitrogens with zero attached hydrogens (tertiary/aromatic N) is 2. The topological polar surface area (TPSA) is 97.4 Å². The van der Waals surface area contributed by atoms with Gasteiger partial charge in [0, 0.05) is 39.3 Å². The van der Waals surface area contributed by atoms with E-state index in [9.17, 15) is 13.2 Å². The van der Waals surface area contributed by atoms with E-state index in [1.54, 1.807) is 0 Å². The monoisotopic (exact) mass is 489 g/mol. The number of amides is 1. The molecule has 2 saturated heterocycles. The lowest BCUT2D eigenvalue weighted by Gasteiger charge is -2.26. The summed E-state index contributed by atoms with van der Waals surface area (Å²) >= 11 is 0. The summed E-state index contributed by atoms with van der Waals surface area (Å²) < 4.78 is 43.3. The summed E-state index contributed by atoms with van der Waals surface area (Å²) in [5, 5.41) is 2.87. The van der Waals surface area contributed by atoms with Gasteiger partial charge in [-0.15, -0.1) is 0 Å². The highest BCUT2D eigenvalue weighted by Crippen LogP contribution is 2.25. The number of hydrogen-bond acceptors (Lipinski definition) is 7. The van der Waals surface area contributed by atoms with Gasteiger partial charge in [0.15, 0.2) is 0 Å². The SMILES string of the molecule is COc1ccc(S(=O)(=O)N2CCOCC2)cc1C(=O)NCc1ccc(CN2CCOCC2)cc1. The maximum absolute atomic E-state index is 13.0. The lowest BCUT2D eigenvalue weighted by molar-refractivity contribution is 0.0342. The second-order valence-electron chi connectivity index (χ2n) is 8.27.